The topological polar surface area (TPSA) is 83.1 Å². The number of carbonyl (C=O) groups excluding carboxylic acids is 1. The van der Waals surface area contributed by atoms with Crippen molar-refractivity contribution in [3.63, 3.8) is 0 Å². The number of carbonyl (C=O) groups is 1. The van der Waals surface area contributed by atoms with Gasteiger partial charge in [0.1, 0.15) is 11.7 Å². The van der Waals surface area contributed by atoms with Gasteiger partial charge < -0.3 is 16.0 Å². The summed E-state index contributed by atoms with van der Waals surface area (Å²) in [6.07, 6.45) is -2.85. The van der Waals surface area contributed by atoms with Crippen molar-refractivity contribution in [2.24, 2.45) is 21.6 Å². The molecule has 1 aliphatic heterocycles. The Labute approximate surface area is 220 Å². The maximum atomic E-state index is 14.7. The molecule has 0 saturated carbocycles. The van der Waals surface area contributed by atoms with Gasteiger partial charge in [0.2, 0.25) is 0 Å². The van der Waals surface area contributed by atoms with Gasteiger partial charge in [0.15, 0.2) is 0 Å². The van der Waals surface area contributed by atoms with Crippen LogP contribution in [-0.4, -0.2) is 61.1 Å². The van der Waals surface area contributed by atoms with Gasteiger partial charge in [-0.05, 0) is 44.7 Å². The molecule has 1 heterocycles. The molecular weight excluding hydrogens is 505 g/mol. The molecule has 0 bridgehead atoms. The number of allylic oxidation sites excluding steroid dienone is 3. The molecule has 1 amide bonds. The molecule has 1 saturated heterocycles. The number of amidine groups is 1. The van der Waals surface area contributed by atoms with Crippen LogP contribution in [0, 0.1) is 12.8 Å². The lowest BCUT2D eigenvalue weighted by Crippen LogP contribution is -2.58. The fourth-order valence-corrected chi connectivity index (χ4v) is 4.33. The molecule has 3 N–H and O–H groups in total. The Balaban J connectivity index is 2.45. The van der Waals surface area contributed by atoms with Crippen LogP contribution in [0.2, 0.25) is 0 Å². The molecular formula is C27H36F5N5O. The van der Waals surface area contributed by atoms with E-state index in [2.05, 4.69) is 15.3 Å². The summed E-state index contributed by atoms with van der Waals surface area (Å²) in [6.45, 7) is 7.42. The molecule has 2 atom stereocenters. The van der Waals surface area contributed by atoms with E-state index in [1.54, 1.807) is 39.0 Å². The average Bonchev–Trinajstić information content (AvgIpc) is 2.84. The molecule has 1 aromatic rings. The van der Waals surface area contributed by atoms with Crippen LogP contribution in [0.5, 0.6) is 0 Å². The summed E-state index contributed by atoms with van der Waals surface area (Å²) in [7, 11) is 1.47. The molecule has 6 nitrogen and oxygen atoms in total. The average molecular weight is 542 g/mol. The van der Waals surface area contributed by atoms with Crippen LogP contribution in [-0.2, 0) is 0 Å². The van der Waals surface area contributed by atoms with Crippen molar-refractivity contribution >= 4 is 18.0 Å². The van der Waals surface area contributed by atoms with E-state index in [0.717, 1.165) is 22.8 Å². The van der Waals surface area contributed by atoms with Crippen LogP contribution in [0.3, 0.4) is 0 Å². The molecule has 1 unspecified atom stereocenters. The summed E-state index contributed by atoms with van der Waals surface area (Å²) in [5, 5.41) is 3.03. The first-order chi connectivity index (χ1) is 17.6. The van der Waals surface area contributed by atoms with Crippen molar-refractivity contribution in [3.05, 3.63) is 57.9 Å². The van der Waals surface area contributed by atoms with Crippen LogP contribution in [0.1, 0.15) is 62.0 Å². The zero-order valence-electron chi connectivity index (χ0n) is 22.6. The minimum atomic E-state index is -4.56. The van der Waals surface area contributed by atoms with Crippen molar-refractivity contribution in [2.75, 3.05) is 20.1 Å². The third kappa shape index (κ3) is 7.64. The summed E-state index contributed by atoms with van der Waals surface area (Å²) in [6, 6.07) is 4.28. The first-order valence-electron chi connectivity index (χ1n) is 12.4. The number of nitrogens with two attached hydrogens (primary N) is 1. The molecule has 11 heteroatoms. The van der Waals surface area contributed by atoms with Crippen molar-refractivity contribution in [3.8, 4) is 0 Å². The number of amides is 1. The van der Waals surface area contributed by atoms with Gasteiger partial charge in [0.25, 0.3) is 11.8 Å². The van der Waals surface area contributed by atoms with Gasteiger partial charge in [-0.15, -0.1) is 0 Å². The number of nitrogens with zero attached hydrogens (tertiary/aromatic N) is 3. The van der Waals surface area contributed by atoms with E-state index in [1.807, 2.05) is 6.92 Å². The number of likely N-dealkylation sites (tertiary alicyclic amines) is 1. The lowest BCUT2D eigenvalue weighted by molar-refractivity contribution is -0.0912. The molecule has 1 fully saturated rings. The van der Waals surface area contributed by atoms with E-state index >= 15 is 0 Å². The van der Waals surface area contributed by atoms with Crippen LogP contribution < -0.4 is 11.1 Å². The van der Waals surface area contributed by atoms with Crippen LogP contribution in [0.25, 0.3) is 0 Å². The maximum absolute atomic E-state index is 14.7. The highest BCUT2D eigenvalue weighted by molar-refractivity contribution is 6.09. The number of hydrogen-bond acceptors (Lipinski definition) is 4. The number of alkyl halides is 5. The molecule has 1 aliphatic rings. The molecule has 210 valence electrons. The maximum Gasteiger partial charge on any atom is 0.417 e. The van der Waals surface area contributed by atoms with E-state index in [4.69, 9.17) is 5.73 Å². The molecule has 2 rings (SSSR count). The van der Waals surface area contributed by atoms with E-state index in [0.29, 0.717) is 17.6 Å². The predicted octanol–water partition coefficient (Wildman–Crippen LogP) is 5.63. The van der Waals surface area contributed by atoms with E-state index < -0.39 is 48.5 Å². The Morgan fingerprint density at radius 1 is 1.29 bits per heavy atom. The fraction of sp³-hybridized carbons (Fsp3) is 0.519. The smallest absolute Gasteiger partial charge is 0.383 e. The third-order valence-electron chi connectivity index (χ3n) is 6.65. The Kier molecular flexibility index (Phi) is 10.2. The summed E-state index contributed by atoms with van der Waals surface area (Å²) in [5.41, 5.74) is 7.00. The van der Waals surface area contributed by atoms with Gasteiger partial charge in [-0.1, -0.05) is 37.6 Å². The molecule has 0 aliphatic carbocycles. The van der Waals surface area contributed by atoms with Gasteiger partial charge in [0.05, 0.1) is 23.7 Å². The quantitative estimate of drug-likeness (QED) is 0.254. The highest BCUT2D eigenvalue weighted by atomic mass is 19.4. The fourth-order valence-electron chi connectivity index (χ4n) is 4.33. The number of benzene rings is 1. The van der Waals surface area contributed by atoms with E-state index in [-0.39, 0.29) is 23.8 Å². The zero-order chi connectivity index (χ0) is 28.8. The van der Waals surface area contributed by atoms with Crippen molar-refractivity contribution in [2.45, 2.75) is 65.6 Å². The van der Waals surface area contributed by atoms with E-state index in [9.17, 15) is 26.7 Å². The summed E-state index contributed by atoms with van der Waals surface area (Å²) < 4.78 is 68.9. The van der Waals surface area contributed by atoms with Gasteiger partial charge in [0, 0.05) is 31.8 Å². The Bertz CT molecular complexity index is 1140. The van der Waals surface area contributed by atoms with Gasteiger partial charge >= 0.3 is 6.18 Å². The highest BCUT2D eigenvalue weighted by Gasteiger charge is 2.46. The monoisotopic (exact) mass is 541 g/mol. The third-order valence-corrected chi connectivity index (χ3v) is 6.65. The highest BCUT2D eigenvalue weighted by Crippen LogP contribution is 2.35. The number of nitrogens with one attached hydrogen (secondary N) is 1. The molecule has 1 aromatic carbocycles. The number of piperidine rings is 1. The zero-order valence-corrected chi connectivity index (χ0v) is 22.6. The van der Waals surface area contributed by atoms with E-state index in [1.165, 1.54) is 14.0 Å². The minimum Gasteiger partial charge on any atom is -0.383 e. The predicted molar refractivity (Wildman–Crippen MR) is 141 cm³/mol. The van der Waals surface area contributed by atoms with Crippen molar-refractivity contribution in [1.29, 1.82) is 0 Å². The second kappa shape index (κ2) is 12.5. The van der Waals surface area contributed by atoms with Gasteiger partial charge in [-0.2, -0.15) is 13.2 Å². The second-order valence-electron chi connectivity index (χ2n) is 9.56. The summed E-state index contributed by atoms with van der Waals surface area (Å²) in [4.78, 5) is 22.8. The largest absolute Gasteiger partial charge is 0.417 e. The SMILES string of the molecule is C\C=C(/C=N\C(NCC1[C@H](C)CC(F)(F)CN1C(=O)c1cc(C)ccc1C(N)=NC)=C(\C)CC)C(F)(F)F. The standard InChI is InChI=1S/C27H36F5N5O/c1-7-17(4)24(35-13-19(8-2)27(30,31)32)36-14-22-18(5)12-26(28,29)15-37(22)25(38)21-11-16(3)9-10-20(21)23(33)34-6/h8-11,13,18,22,36H,7,12,14-15H2,1-6H3,(H2,33,34)/b19-8+,24-17+,35-13-/t18-,22?/m1/s1. The second-order valence-corrected chi connectivity index (χ2v) is 9.56. The summed E-state index contributed by atoms with van der Waals surface area (Å²) in [5.74, 6) is -4.05. The van der Waals surface area contributed by atoms with Gasteiger partial charge in [-0.25, -0.2) is 13.8 Å². The minimum absolute atomic E-state index is 0.0166. The first-order valence-corrected chi connectivity index (χ1v) is 12.4. The molecule has 0 radical (unpaired) electrons. The van der Waals surface area contributed by atoms with Crippen LogP contribution in [0.15, 0.2) is 51.2 Å². The Morgan fingerprint density at radius 2 is 1.95 bits per heavy atom. The van der Waals surface area contributed by atoms with Crippen molar-refractivity contribution < 1.29 is 26.7 Å². The Hall–Kier alpha value is -3.24. The number of halogens is 5. The lowest BCUT2D eigenvalue weighted by Gasteiger charge is -2.44. The number of rotatable bonds is 8. The first kappa shape index (κ1) is 31.0. The van der Waals surface area contributed by atoms with Gasteiger partial charge in [-0.3, -0.25) is 9.79 Å². The number of hydrogen-bond donors (Lipinski definition) is 2. The Morgan fingerprint density at radius 3 is 2.50 bits per heavy atom. The number of aliphatic imine (C=N–C) groups is 2. The lowest BCUT2D eigenvalue weighted by atomic mass is 9.87. The normalized spacial score (nSPS) is 21.5. The molecule has 38 heavy (non-hydrogen) atoms. The summed E-state index contributed by atoms with van der Waals surface area (Å²) >= 11 is 0. The molecule has 0 spiro atoms. The van der Waals surface area contributed by atoms with Crippen LogP contribution in [0.4, 0.5) is 22.0 Å². The number of aryl methyl sites for hydroxylation is 1. The van der Waals surface area contributed by atoms with Crippen LogP contribution >= 0.6 is 0 Å². The molecule has 0 aromatic heterocycles. The van der Waals surface area contributed by atoms with Crippen molar-refractivity contribution in [1.82, 2.24) is 10.2 Å².